The minimum Gasteiger partial charge on any atom is -0.493 e. The van der Waals surface area contributed by atoms with Crippen molar-refractivity contribution in [2.45, 2.75) is 6.92 Å². The highest BCUT2D eigenvalue weighted by atomic mass is 79.9. The molecule has 0 heterocycles. The molecule has 4 nitrogen and oxygen atoms in total. The van der Waals surface area contributed by atoms with Crippen molar-refractivity contribution in [3.8, 4) is 11.5 Å². The maximum absolute atomic E-state index is 10.8. The number of hydrogen-bond acceptors (Lipinski definition) is 3. The molecule has 0 aromatic heterocycles. The van der Waals surface area contributed by atoms with E-state index in [1.165, 1.54) is 27.2 Å². The van der Waals surface area contributed by atoms with Gasteiger partial charge in [-0.15, -0.1) is 0 Å². The number of aliphatic carboxylic acids is 1. The SMILES string of the molecule is COc1cc(Br)cc(/C=C(\C)C(=O)O)c1OC. The van der Waals surface area contributed by atoms with Crippen LogP contribution in [0.5, 0.6) is 11.5 Å². The Morgan fingerprint density at radius 3 is 2.47 bits per heavy atom. The molecular weight excluding hydrogens is 288 g/mol. The van der Waals surface area contributed by atoms with Gasteiger partial charge in [0.05, 0.1) is 14.2 Å². The van der Waals surface area contributed by atoms with Gasteiger partial charge in [-0.2, -0.15) is 0 Å². The highest BCUT2D eigenvalue weighted by molar-refractivity contribution is 9.10. The van der Waals surface area contributed by atoms with Crippen LogP contribution in [0.1, 0.15) is 12.5 Å². The third-order valence-corrected chi connectivity index (χ3v) is 2.64. The van der Waals surface area contributed by atoms with E-state index in [1.807, 2.05) is 0 Å². The number of halogens is 1. The van der Waals surface area contributed by atoms with Crippen molar-refractivity contribution in [1.82, 2.24) is 0 Å². The Kier molecular flexibility index (Phi) is 4.57. The molecule has 0 spiro atoms. The molecule has 0 aliphatic rings. The molecule has 1 N–H and O–H groups in total. The van der Waals surface area contributed by atoms with Crippen molar-refractivity contribution in [2.75, 3.05) is 14.2 Å². The van der Waals surface area contributed by atoms with Crippen LogP contribution >= 0.6 is 15.9 Å². The molecule has 0 radical (unpaired) electrons. The van der Waals surface area contributed by atoms with E-state index in [-0.39, 0.29) is 5.57 Å². The number of carbonyl (C=O) groups is 1. The molecule has 5 heteroatoms. The third kappa shape index (κ3) is 3.23. The minimum atomic E-state index is -0.967. The van der Waals surface area contributed by atoms with Gasteiger partial charge >= 0.3 is 5.97 Å². The van der Waals surface area contributed by atoms with Gasteiger partial charge in [-0.1, -0.05) is 15.9 Å². The van der Waals surface area contributed by atoms with Crippen LogP contribution < -0.4 is 9.47 Å². The fourth-order valence-corrected chi connectivity index (χ4v) is 1.82. The average Bonchev–Trinajstić information content (AvgIpc) is 2.27. The molecule has 0 aliphatic carbocycles. The standard InChI is InChI=1S/C12H13BrO4/c1-7(12(14)15)4-8-5-9(13)6-10(16-2)11(8)17-3/h4-6H,1-3H3,(H,14,15)/b7-4+. The zero-order valence-corrected chi connectivity index (χ0v) is 11.4. The maximum atomic E-state index is 10.8. The lowest BCUT2D eigenvalue weighted by Gasteiger charge is -2.11. The monoisotopic (exact) mass is 300 g/mol. The number of carboxylic acids is 1. The molecule has 1 aromatic carbocycles. The van der Waals surface area contributed by atoms with Crippen molar-refractivity contribution in [3.63, 3.8) is 0 Å². The molecule has 1 aromatic rings. The topological polar surface area (TPSA) is 55.8 Å². The quantitative estimate of drug-likeness (QED) is 0.869. The molecule has 1 rings (SSSR count). The summed E-state index contributed by atoms with van der Waals surface area (Å²) in [6.45, 7) is 1.52. The third-order valence-electron chi connectivity index (χ3n) is 2.18. The molecule has 0 saturated carbocycles. The molecule has 0 unspecified atom stereocenters. The largest absolute Gasteiger partial charge is 0.493 e. The fourth-order valence-electron chi connectivity index (χ4n) is 1.36. The smallest absolute Gasteiger partial charge is 0.331 e. The zero-order chi connectivity index (χ0) is 13.0. The van der Waals surface area contributed by atoms with Gasteiger partial charge in [-0.05, 0) is 25.1 Å². The molecule has 0 aliphatic heterocycles. The predicted octanol–water partition coefficient (Wildman–Crippen LogP) is 2.95. The number of methoxy groups -OCH3 is 2. The van der Waals surface area contributed by atoms with Gasteiger partial charge in [-0.3, -0.25) is 0 Å². The fraction of sp³-hybridized carbons (Fsp3) is 0.250. The van der Waals surface area contributed by atoms with E-state index in [0.29, 0.717) is 17.1 Å². The Balaban J connectivity index is 3.36. The van der Waals surface area contributed by atoms with Crippen molar-refractivity contribution in [2.24, 2.45) is 0 Å². The first-order valence-corrected chi connectivity index (χ1v) is 5.62. The number of rotatable bonds is 4. The van der Waals surface area contributed by atoms with E-state index >= 15 is 0 Å². The Bertz CT molecular complexity index is 466. The summed E-state index contributed by atoms with van der Waals surface area (Å²) in [5.41, 5.74) is 0.877. The van der Waals surface area contributed by atoms with Gasteiger partial charge in [0.25, 0.3) is 0 Å². The van der Waals surface area contributed by atoms with Crippen molar-refractivity contribution >= 4 is 28.0 Å². The first-order chi connectivity index (χ1) is 7.99. The molecule has 17 heavy (non-hydrogen) atoms. The molecule has 0 amide bonds. The van der Waals surface area contributed by atoms with Crippen molar-refractivity contribution in [1.29, 1.82) is 0 Å². The van der Waals surface area contributed by atoms with Crippen LogP contribution in [-0.2, 0) is 4.79 Å². The second kappa shape index (κ2) is 5.72. The summed E-state index contributed by atoms with van der Waals surface area (Å²) in [7, 11) is 3.04. The Hall–Kier alpha value is -1.49. The lowest BCUT2D eigenvalue weighted by molar-refractivity contribution is -0.132. The van der Waals surface area contributed by atoms with Crippen molar-refractivity contribution < 1.29 is 19.4 Å². The first-order valence-electron chi connectivity index (χ1n) is 4.82. The van der Waals surface area contributed by atoms with E-state index in [4.69, 9.17) is 14.6 Å². The van der Waals surface area contributed by atoms with Crippen LogP contribution in [0.3, 0.4) is 0 Å². The lowest BCUT2D eigenvalue weighted by Crippen LogP contribution is -1.97. The van der Waals surface area contributed by atoms with Gasteiger partial charge in [0.15, 0.2) is 11.5 Å². The van der Waals surface area contributed by atoms with E-state index in [9.17, 15) is 4.79 Å². The van der Waals surface area contributed by atoms with Gasteiger partial charge in [0.1, 0.15) is 0 Å². The summed E-state index contributed by atoms with van der Waals surface area (Å²) >= 11 is 3.33. The number of benzene rings is 1. The van der Waals surface area contributed by atoms with Gasteiger partial charge in [0.2, 0.25) is 0 Å². The average molecular weight is 301 g/mol. The Labute approximate surface area is 108 Å². The summed E-state index contributed by atoms with van der Waals surface area (Å²) in [4.78, 5) is 10.8. The van der Waals surface area contributed by atoms with Crippen LogP contribution in [-0.4, -0.2) is 25.3 Å². The summed E-state index contributed by atoms with van der Waals surface area (Å²) in [5.74, 6) is 0.0913. The molecule has 0 bridgehead atoms. The zero-order valence-electron chi connectivity index (χ0n) is 9.78. The van der Waals surface area contributed by atoms with E-state index < -0.39 is 5.97 Å². The first kappa shape index (κ1) is 13.6. The number of carboxylic acid groups (broad SMARTS) is 1. The minimum absolute atomic E-state index is 0.225. The van der Waals surface area contributed by atoms with Crippen LogP contribution in [0.2, 0.25) is 0 Å². The molecular formula is C12H13BrO4. The summed E-state index contributed by atoms with van der Waals surface area (Å²) in [6.07, 6.45) is 1.54. The highest BCUT2D eigenvalue weighted by Gasteiger charge is 2.11. The van der Waals surface area contributed by atoms with Gasteiger partial charge in [0, 0.05) is 15.6 Å². The highest BCUT2D eigenvalue weighted by Crippen LogP contribution is 2.35. The normalized spacial score (nSPS) is 11.2. The summed E-state index contributed by atoms with van der Waals surface area (Å²) in [6, 6.07) is 3.53. The van der Waals surface area contributed by atoms with E-state index in [2.05, 4.69) is 15.9 Å². The van der Waals surface area contributed by atoms with Crippen LogP contribution in [0.4, 0.5) is 0 Å². The second-order valence-electron chi connectivity index (χ2n) is 3.36. The van der Waals surface area contributed by atoms with Crippen LogP contribution in [0.25, 0.3) is 6.08 Å². The molecule has 0 saturated heterocycles. The van der Waals surface area contributed by atoms with E-state index in [1.54, 1.807) is 12.1 Å². The Morgan fingerprint density at radius 2 is 2.00 bits per heavy atom. The summed E-state index contributed by atoms with van der Waals surface area (Å²) in [5, 5.41) is 8.85. The van der Waals surface area contributed by atoms with Gasteiger partial charge < -0.3 is 14.6 Å². The predicted molar refractivity (Wildman–Crippen MR) is 68.5 cm³/mol. The van der Waals surface area contributed by atoms with Crippen LogP contribution in [0.15, 0.2) is 22.2 Å². The lowest BCUT2D eigenvalue weighted by atomic mass is 10.1. The molecule has 0 atom stereocenters. The number of ether oxygens (including phenoxy) is 2. The van der Waals surface area contributed by atoms with Crippen molar-refractivity contribution in [3.05, 3.63) is 27.7 Å². The summed E-state index contributed by atoms with van der Waals surface area (Å²) < 4.78 is 11.2. The Morgan fingerprint density at radius 1 is 1.35 bits per heavy atom. The van der Waals surface area contributed by atoms with E-state index in [0.717, 1.165) is 4.47 Å². The molecule has 92 valence electrons. The van der Waals surface area contributed by atoms with Crippen LogP contribution in [0, 0.1) is 0 Å². The molecule has 0 fully saturated rings. The maximum Gasteiger partial charge on any atom is 0.331 e. The number of hydrogen-bond donors (Lipinski definition) is 1. The van der Waals surface area contributed by atoms with Gasteiger partial charge in [-0.25, -0.2) is 4.79 Å². The second-order valence-corrected chi connectivity index (χ2v) is 4.28.